The molecule has 152 valence electrons. The van der Waals surface area contributed by atoms with Gasteiger partial charge in [0.25, 0.3) is 0 Å². The maximum absolute atomic E-state index is 11.6. The molecule has 2 rings (SSSR count). The van der Waals surface area contributed by atoms with E-state index in [0.29, 0.717) is 18.0 Å². The molecule has 2 aliphatic heterocycles. The van der Waals surface area contributed by atoms with Crippen molar-refractivity contribution >= 4 is 35.8 Å². The van der Waals surface area contributed by atoms with Crippen LogP contribution in [0, 0.1) is 0 Å². The van der Waals surface area contributed by atoms with Crippen LogP contribution in [0.3, 0.4) is 0 Å². The van der Waals surface area contributed by atoms with E-state index in [4.69, 9.17) is 4.99 Å². The van der Waals surface area contributed by atoms with Crippen LogP contribution in [0.2, 0.25) is 0 Å². The van der Waals surface area contributed by atoms with E-state index in [0.717, 1.165) is 57.9 Å². The highest BCUT2D eigenvalue weighted by atomic mass is 127. The van der Waals surface area contributed by atoms with Crippen molar-refractivity contribution in [3.05, 3.63) is 0 Å². The Morgan fingerprint density at radius 1 is 1.27 bits per heavy atom. The third kappa shape index (κ3) is 7.58. The summed E-state index contributed by atoms with van der Waals surface area (Å²) in [6.45, 7) is 12.2. The van der Waals surface area contributed by atoms with Crippen LogP contribution in [0.5, 0.6) is 0 Å². The van der Waals surface area contributed by atoms with Crippen LogP contribution < -0.4 is 10.6 Å². The summed E-state index contributed by atoms with van der Waals surface area (Å²) in [6.07, 6.45) is 6.69. The molecule has 2 heterocycles. The fourth-order valence-corrected chi connectivity index (χ4v) is 3.86. The molecule has 0 aromatic carbocycles. The Balaban J connectivity index is 0.00000338. The van der Waals surface area contributed by atoms with Crippen LogP contribution in [-0.4, -0.2) is 73.0 Å². The minimum atomic E-state index is 0. The number of aliphatic imine (C=N–C) groups is 1. The van der Waals surface area contributed by atoms with E-state index in [9.17, 15) is 4.79 Å². The summed E-state index contributed by atoms with van der Waals surface area (Å²) in [7, 11) is 0. The number of carbonyl (C=O) groups excluding carboxylic acids is 1. The Morgan fingerprint density at radius 3 is 2.73 bits per heavy atom. The predicted molar refractivity (Wildman–Crippen MR) is 119 cm³/mol. The number of guanidine groups is 1. The zero-order chi connectivity index (χ0) is 18.1. The first-order valence-electron chi connectivity index (χ1n) is 10.2. The zero-order valence-corrected chi connectivity index (χ0v) is 19.1. The molecular weight excluding hydrogens is 441 g/mol. The molecule has 2 fully saturated rings. The molecule has 0 saturated carbocycles. The molecule has 2 aliphatic rings. The Bertz CT molecular complexity index is 446. The van der Waals surface area contributed by atoms with Gasteiger partial charge in [-0.1, -0.05) is 6.42 Å². The first-order chi connectivity index (χ1) is 12.1. The van der Waals surface area contributed by atoms with Gasteiger partial charge >= 0.3 is 0 Å². The minimum Gasteiger partial charge on any atom is -0.357 e. The van der Waals surface area contributed by atoms with E-state index in [1.807, 2.05) is 4.90 Å². The summed E-state index contributed by atoms with van der Waals surface area (Å²) >= 11 is 0. The lowest BCUT2D eigenvalue weighted by Crippen LogP contribution is -2.46. The molecule has 0 aromatic heterocycles. The fraction of sp³-hybridized carbons (Fsp3) is 0.895. The van der Waals surface area contributed by atoms with Gasteiger partial charge in [-0.3, -0.25) is 14.7 Å². The Morgan fingerprint density at radius 2 is 2.08 bits per heavy atom. The summed E-state index contributed by atoms with van der Waals surface area (Å²) in [6, 6.07) is 1.15. The number of nitrogens with zero attached hydrogens (tertiary/aromatic N) is 3. The Labute approximate surface area is 176 Å². The summed E-state index contributed by atoms with van der Waals surface area (Å²) in [5, 5.41) is 6.74. The zero-order valence-electron chi connectivity index (χ0n) is 16.8. The van der Waals surface area contributed by atoms with Crippen molar-refractivity contribution < 1.29 is 4.79 Å². The lowest BCUT2D eigenvalue weighted by atomic mass is 10.0. The molecule has 2 atom stereocenters. The summed E-state index contributed by atoms with van der Waals surface area (Å²) in [4.78, 5) is 21.0. The number of halogens is 1. The number of likely N-dealkylation sites (tertiary alicyclic amines) is 2. The quantitative estimate of drug-likeness (QED) is 0.243. The summed E-state index contributed by atoms with van der Waals surface area (Å²) < 4.78 is 0. The van der Waals surface area contributed by atoms with Crippen molar-refractivity contribution in [2.75, 3.05) is 39.3 Å². The Kier molecular flexibility index (Phi) is 11.5. The highest BCUT2D eigenvalue weighted by Crippen LogP contribution is 2.19. The lowest BCUT2D eigenvalue weighted by Gasteiger charge is -2.37. The van der Waals surface area contributed by atoms with Gasteiger partial charge in [-0.25, -0.2) is 0 Å². The number of nitrogens with one attached hydrogen (secondary N) is 2. The second-order valence-electron chi connectivity index (χ2n) is 7.42. The molecule has 0 bridgehead atoms. The standard InChI is InChI=1S/C19H37N5O.HI/c1-4-20-19(21-11-8-13-23-12-7-10-18(23)25)22-15-17(3)24-14-6-5-9-16(24)2;/h16-17H,4-15H2,1-3H3,(H2,20,21,22);1H. The van der Waals surface area contributed by atoms with E-state index < -0.39 is 0 Å². The van der Waals surface area contributed by atoms with Gasteiger partial charge in [0.2, 0.25) is 5.91 Å². The van der Waals surface area contributed by atoms with Crippen LogP contribution in [0.1, 0.15) is 59.3 Å². The number of piperidine rings is 1. The average molecular weight is 479 g/mol. The van der Waals surface area contributed by atoms with Crippen molar-refractivity contribution in [3.63, 3.8) is 0 Å². The third-order valence-electron chi connectivity index (χ3n) is 5.35. The monoisotopic (exact) mass is 479 g/mol. The number of hydrogen-bond donors (Lipinski definition) is 2. The van der Waals surface area contributed by atoms with E-state index >= 15 is 0 Å². The topological polar surface area (TPSA) is 60.0 Å². The Hall–Kier alpha value is -0.570. The van der Waals surface area contributed by atoms with E-state index in [-0.39, 0.29) is 24.0 Å². The van der Waals surface area contributed by atoms with Gasteiger partial charge in [0.15, 0.2) is 5.96 Å². The molecule has 0 aromatic rings. The van der Waals surface area contributed by atoms with Crippen LogP contribution >= 0.6 is 24.0 Å². The maximum Gasteiger partial charge on any atom is 0.222 e. The van der Waals surface area contributed by atoms with Crippen LogP contribution in [-0.2, 0) is 4.79 Å². The van der Waals surface area contributed by atoms with Crippen LogP contribution in [0.15, 0.2) is 4.99 Å². The lowest BCUT2D eigenvalue weighted by molar-refractivity contribution is -0.127. The minimum absolute atomic E-state index is 0. The van der Waals surface area contributed by atoms with Gasteiger partial charge < -0.3 is 15.5 Å². The summed E-state index contributed by atoms with van der Waals surface area (Å²) in [5.41, 5.74) is 0. The number of amides is 1. The molecule has 1 amide bonds. The molecule has 26 heavy (non-hydrogen) atoms. The SMILES string of the molecule is CCNC(=NCC(C)N1CCCCC1C)NCCCN1CCCC1=O.I. The molecule has 2 N–H and O–H groups in total. The molecule has 7 heteroatoms. The normalized spacial score (nSPS) is 22.9. The predicted octanol–water partition coefficient (Wildman–Crippen LogP) is 2.43. The first-order valence-corrected chi connectivity index (χ1v) is 10.2. The highest BCUT2D eigenvalue weighted by Gasteiger charge is 2.23. The highest BCUT2D eigenvalue weighted by molar-refractivity contribution is 14.0. The van der Waals surface area contributed by atoms with Gasteiger partial charge in [-0.15, -0.1) is 24.0 Å². The molecular formula is C19H38IN5O. The van der Waals surface area contributed by atoms with Gasteiger partial charge in [-0.05, 0) is 53.0 Å². The first kappa shape index (κ1) is 23.5. The third-order valence-corrected chi connectivity index (χ3v) is 5.35. The number of carbonyl (C=O) groups is 1. The van der Waals surface area contributed by atoms with E-state index in [2.05, 4.69) is 36.3 Å². The number of rotatable bonds is 8. The van der Waals surface area contributed by atoms with Gasteiger partial charge in [0.05, 0.1) is 6.54 Å². The van der Waals surface area contributed by atoms with Gasteiger partial charge in [0, 0.05) is 44.7 Å². The van der Waals surface area contributed by atoms with Crippen molar-refractivity contribution in [1.82, 2.24) is 20.4 Å². The van der Waals surface area contributed by atoms with Crippen molar-refractivity contribution in [2.24, 2.45) is 4.99 Å². The molecule has 0 aliphatic carbocycles. The number of hydrogen-bond acceptors (Lipinski definition) is 3. The van der Waals surface area contributed by atoms with Crippen molar-refractivity contribution in [3.8, 4) is 0 Å². The van der Waals surface area contributed by atoms with E-state index in [1.54, 1.807) is 0 Å². The summed E-state index contributed by atoms with van der Waals surface area (Å²) in [5.74, 6) is 1.21. The van der Waals surface area contributed by atoms with Gasteiger partial charge in [0.1, 0.15) is 0 Å². The molecule has 2 saturated heterocycles. The van der Waals surface area contributed by atoms with Crippen molar-refractivity contribution in [2.45, 2.75) is 71.4 Å². The molecule has 6 nitrogen and oxygen atoms in total. The maximum atomic E-state index is 11.6. The molecule has 0 radical (unpaired) electrons. The van der Waals surface area contributed by atoms with Crippen LogP contribution in [0.4, 0.5) is 0 Å². The largest absolute Gasteiger partial charge is 0.357 e. The molecule has 0 spiro atoms. The molecule has 2 unspecified atom stereocenters. The van der Waals surface area contributed by atoms with Gasteiger partial charge in [-0.2, -0.15) is 0 Å². The van der Waals surface area contributed by atoms with Crippen LogP contribution in [0.25, 0.3) is 0 Å². The second kappa shape index (κ2) is 12.8. The smallest absolute Gasteiger partial charge is 0.222 e. The average Bonchev–Trinajstić information content (AvgIpc) is 3.01. The second-order valence-corrected chi connectivity index (χ2v) is 7.42. The fourth-order valence-electron chi connectivity index (χ4n) is 3.86. The van der Waals surface area contributed by atoms with E-state index in [1.165, 1.54) is 25.8 Å². The van der Waals surface area contributed by atoms with Crippen molar-refractivity contribution in [1.29, 1.82) is 0 Å².